The lowest BCUT2D eigenvalue weighted by molar-refractivity contribution is 0.111. The SMILES string of the molecule is CC(C)(C)c1cc(C=O)n(Cc2ccc3ccccc3c2)c1. The van der Waals surface area contributed by atoms with Crippen LogP contribution >= 0.6 is 0 Å². The van der Waals surface area contributed by atoms with Gasteiger partial charge in [-0.1, -0.05) is 57.2 Å². The summed E-state index contributed by atoms with van der Waals surface area (Å²) in [5.74, 6) is 0. The van der Waals surface area contributed by atoms with Gasteiger partial charge in [0.25, 0.3) is 0 Å². The first kappa shape index (κ1) is 14.6. The van der Waals surface area contributed by atoms with E-state index in [9.17, 15) is 4.79 Å². The average molecular weight is 291 g/mol. The average Bonchev–Trinajstić information content (AvgIpc) is 2.90. The number of rotatable bonds is 3. The van der Waals surface area contributed by atoms with Crippen molar-refractivity contribution in [2.24, 2.45) is 0 Å². The van der Waals surface area contributed by atoms with E-state index in [0.717, 1.165) is 18.5 Å². The van der Waals surface area contributed by atoms with Crippen LogP contribution in [0.25, 0.3) is 10.8 Å². The Labute approximate surface area is 131 Å². The summed E-state index contributed by atoms with van der Waals surface area (Å²) in [6.07, 6.45) is 3.04. The van der Waals surface area contributed by atoms with Gasteiger partial charge in [0.1, 0.15) is 0 Å². The quantitative estimate of drug-likeness (QED) is 0.635. The summed E-state index contributed by atoms with van der Waals surface area (Å²) in [7, 11) is 0. The smallest absolute Gasteiger partial charge is 0.166 e. The second kappa shape index (κ2) is 5.45. The molecule has 0 aliphatic heterocycles. The highest BCUT2D eigenvalue weighted by atomic mass is 16.1. The number of hydrogen-bond acceptors (Lipinski definition) is 1. The Morgan fingerprint density at radius 2 is 1.73 bits per heavy atom. The van der Waals surface area contributed by atoms with Crippen molar-refractivity contribution in [1.82, 2.24) is 4.57 Å². The second-order valence-electron chi connectivity index (χ2n) is 6.83. The summed E-state index contributed by atoms with van der Waals surface area (Å²) in [4.78, 5) is 11.3. The molecule has 0 saturated carbocycles. The monoisotopic (exact) mass is 291 g/mol. The number of carbonyl (C=O) groups excluding carboxylic acids is 1. The Morgan fingerprint density at radius 3 is 2.41 bits per heavy atom. The molecule has 1 aromatic heterocycles. The molecule has 0 aliphatic rings. The molecule has 1 heterocycles. The van der Waals surface area contributed by atoms with Gasteiger partial charge >= 0.3 is 0 Å². The number of fused-ring (bicyclic) bond motifs is 1. The predicted molar refractivity (Wildman–Crippen MR) is 91.6 cm³/mol. The van der Waals surface area contributed by atoms with E-state index < -0.39 is 0 Å². The Bertz CT molecular complexity index is 821. The highest BCUT2D eigenvalue weighted by Gasteiger charge is 2.17. The van der Waals surface area contributed by atoms with Gasteiger partial charge in [-0.3, -0.25) is 4.79 Å². The van der Waals surface area contributed by atoms with E-state index in [4.69, 9.17) is 0 Å². The molecule has 2 heteroatoms. The standard InChI is InChI=1S/C20H21NO/c1-20(2,3)18-11-19(14-22)21(13-18)12-15-8-9-16-6-4-5-7-17(16)10-15/h4-11,13-14H,12H2,1-3H3. The minimum Gasteiger partial charge on any atom is -0.341 e. The van der Waals surface area contributed by atoms with Gasteiger partial charge in [-0.15, -0.1) is 0 Å². The van der Waals surface area contributed by atoms with E-state index in [-0.39, 0.29) is 5.41 Å². The number of aromatic nitrogens is 1. The van der Waals surface area contributed by atoms with Crippen LogP contribution in [-0.2, 0) is 12.0 Å². The molecule has 0 N–H and O–H groups in total. The van der Waals surface area contributed by atoms with E-state index in [1.165, 1.54) is 21.9 Å². The Kier molecular flexibility index (Phi) is 3.61. The molecule has 112 valence electrons. The van der Waals surface area contributed by atoms with E-state index in [1.807, 2.05) is 16.7 Å². The normalized spacial score (nSPS) is 11.8. The molecule has 0 fully saturated rings. The van der Waals surface area contributed by atoms with E-state index in [0.29, 0.717) is 0 Å². The van der Waals surface area contributed by atoms with Crippen LogP contribution in [-0.4, -0.2) is 10.9 Å². The maximum atomic E-state index is 11.3. The van der Waals surface area contributed by atoms with Crippen molar-refractivity contribution in [3.63, 3.8) is 0 Å². The molecule has 0 atom stereocenters. The van der Waals surface area contributed by atoms with Crippen LogP contribution in [0.2, 0.25) is 0 Å². The number of aldehydes is 1. The van der Waals surface area contributed by atoms with E-state index in [2.05, 4.69) is 63.4 Å². The summed E-state index contributed by atoms with van der Waals surface area (Å²) in [5, 5.41) is 2.47. The third-order valence-corrected chi connectivity index (χ3v) is 4.08. The zero-order valence-electron chi connectivity index (χ0n) is 13.3. The molecule has 0 amide bonds. The van der Waals surface area contributed by atoms with Crippen molar-refractivity contribution in [2.75, 3.05) is 0 Å². The lowest BCUT2D eigenvalue weighted by Crippen LogP contribution is -2.09. The summed E-state index contributed by atoms with van der Waals surface area (Å²) >= 11 is 0. The van der Waals surface area contributed by atoms with Crippen molar-refractivity contribution in [2.45, 2.75) is 32.7 Å². The first-order chi connectivity index (χ1) is 10.5. The molecule has 0 saturated heterocycles. The zero-order chi connectivity index (χ0) is 15.7. The first-order valence-electron chi connectivity index (χ1n) is 7.61. The van der Waals surface area contributed by atoms with E-state index >= 15 is 0 Å². The molecule has 0 spiro atoms. The summed E-state index contributed by atoms with van der Waals surface area (Å²) < 4.78 is 2.04. The molecule has 22 heavy (non-hydrogen) atoms. The molecule has 2 aromatic carbocycles. The van der Waals surface area contributed by atoms with Crippen molar-refractivity contribution < 1.29 is 4.79 Å². The molecule has 0 aliphatic carbocycles. The molecule has 3 rings (SSSR count). The summed E-state index contributed by atoms with van der Waals surface area (Å²) in [5.41, 5.74) is 3.18. The van der Waals surface area contributed by atoms with Crippen LogP contribution in [0.15, 0.2) is 54.7 Å². The Balaban J connectivity index is 1.97. The highest BCUT2D eigenvalue weighted by molar-refractivity contribution is 5.83. The van der Waals surface area contributed by atoms with Gasteiger partial charge in [-0.05, 0) is 39.4 Å². The molecule has 2 nitrogen and oxygen atoms in total. The largest absolute Gasteiger partial charge is 0.341 e. The highest BCUT2D eigenvalue weighted by Crippen LogP contribution is 2.25. The fourth-order valence-corrected chi connectivity index (χ4v) is 2.70. The third kappa shape index (κ3) is 2.82. The minimum absolute atomic E-state index is 0.0480. The topological polar surface area (TPSA) is 22.0 Å². The van der Waals surface area contributed by atoms with Gasteiger partial charge in [0.15, 0.2) is 6.29 Å². The zero-order valence-corrected chi connectivity index (χ0v) is 13.3. The fourth-order valence-electron chi connectivity index (χ4n) is 2.70. The number of nitrogens with zero attached hydrogens (tertiary/aromatic N) is 1. The van der Waals surface area contributed by atoms with Gasteiger partial charge in [0, 0.05) is 12.7 Å². The van der Waals surface area contributed by atoms with Gasteiger partial charge in [0.2, 0.25) is 0 Å². The number of benzene rings is 2. The lowest BCUT2D eigenvalue weighted by atomic mass is 9.89. The molecular weight excluding hydrogens is 270 g/mol. The van der Waals surface area contributed by atoms with Crippen LogP contribution in [0.1, 0.15) is 42.4 Å². The van der Waals surface area contributed by atoms with E-state index in [1.54, 1.807) is 0 Å². The molecule has 0 unspecified atom stereocenters. The number of carbonyl (C=O) groups is 1. The predicted octanol–water partition coefficient (Wildman–Crippen LogP) is 4.80. The fraction of sp³-hybridized carbons (Fsp3) is 0.250. The van der Waals surface area contributed by atoms with Crippen LogP contribution in [0.3, 0.4) is 0 Å². The molecule has 0 bridgehead atoms. The van der Waals surface area contributed by atoms with Gasteiger partial charge in [0.05, 0.1) is 5.69 Å². The first-order valence-corrected chi connectivity index (χ1v) is 7.61. The van der Waals surface area contributed by atoms with Gasteiger partial charge in [-0.25, -0.2) is 0 Å². The lowest BCUT2D eigenvalue weighted by Gasteiger charge is -2.16. The Hall–Kier alpha value is -2.35. The maximum absolute atomic E-state index is 11.3. The second-order valence-corrected chi connectivity index (χ2v) is 6.83. The van der Waals surface area contributed by atoms with Crippen molar-refractivity contribution in [1.29, 1.82) is 0 Å². The van der Waals surface area contributed by atoms with Crippen molar-refractivity contribution >= 4 is 17.1 Å². The molecule has 3 aromatic rings. The Morgan fingerprint density at radius 1 is 1.00 bits per heavy atom. The molecular formula is C20H21NO. The molecule has 0 radical (unpaired) electrons. The van der Waals surface area contributed by atoms with Crippen LogP contribution < -0.4 is 0 Å². The minimum atomic E-state index is 0.0480. The van der Waals surface area contributed by atoms with Crippen molar-refractivity contribution in [3.8, 4) is 0 Å². The van der Waals surface area contributed by atoms with Crippen LogP contribution in [0, 0.1) is 0 Å². The summed E-state index contributed by atoms with van der Waals surface area (Å²) in [6, 6.07) is 16.8. The summed E-state index contributed by atoms with van der Waals surface area (Å²) in [6.45, 7) is 7.21. The van der Waals surface area contributed by atoms with Gasteiger partial charge in [-0.2, -0.15) is 0 Å². The third-order valence-electron chi connectivity index (χ3n) is 4.08. The van der Waals surface area contributed by atoms with Crippen molar-refractivity contribution in [3.05, 3.63) is 71.5 Å². The number of hydrogen-bond donors (Lipinski definition) is 0. The van der Waals surface area contributed by atoms with Crippen LogP contribution in [0.4, 0.5) is 0 Å². The maximum Gasteiger partial charge on any atom is 0.166 e. The van der Waals surface area contributed by atoms with Gasteiger partial charge < -0.3 is 4.57 Å². The van der Waals surface area contributed by atoms with Crippen LogP contribution in [0.5, 0.6) is 0 Å².